The third-order valence-corrected chi connectivity index (χ3v) is 8.97. The predicted octanol–water partition coefficient (Wildman–Crippen LogP) is 9.95. The fraction of sp³-hybridized carbons (Fsp3) is 0.0244. The van der Waals surface area contributed by atoms with Gasteiger partial charge in [-0.2, -0.15) is 0 Å². The van der Waals surface area contributed by atoms with Crippen LogP contribution in [0.3, 0.4) is 0 Å². The summed E-state index contributed by atoms with van der Waals surface area (Å²) in [4.78, 5) is 10.4. The van der Waals surface area contributed by atoms with E-state index in [9.17, 15) is 0 Å². The van der Waals surface area contributed by atoms with Crippen LogP contribution in [-0.4, -0.2) is 9.97 Å². The van der Waals surface area contributed by atoms with Gasteiger partial charge < -0.3 is 4.74 Å². The van der Waals surface area contributed by atoms with Gasteiger partial charge in [0.15, 0.2) is 5.82 Å². The molecule has 3 nitrogen and oxygen atoms in total. The summed E-state index contributed by atoms with van der Waals surface area (Å²) >= 11 is 0. The van der Waals surface area contributed by atoms with E-state index in [1.54, 1.807) is 0 Å². The summed E-state index contributed by atoms with van der Waals surface area (Å²) < 4.78 is 6.57. The van der Waals surface area contributed by atoms with E-state index in [0.29, 0.717) is 5.82 Å². The lowest BCUT2D eigenvalue weighted by Gasteiger charge is -2.40. The molecule has 0 radical (unpaired) electrons. The van der Waals surface area contributed by atoms with Crippen molar-refractivity contribution in [3.63, 3.8) is 0 Å². The second kappa shape index (κ2) is 9.62. The number of fused-ring (bicyclic) bond motifs is 9. The van der Waals surface area contributed by atoms with Crippen molar-refractivity contribution in [1.29, 1.82) is 0 Å². The predicted molar refractivity (Wildman–Crippen MR) is 176 cm³/mol. The van der Waals surface area contributed by atoms with Gasteiger partial charge in [0.2, 0.25) is 0 Å². The molecule has 1 aliphatic heterocycles. The molecule has 0 unspecified atom stereocenters. The zero-order chi connectivity index (χ0) is 29.1. The smallest absolute Gasteiger partial charge is 0.160 e. The molecule has 9 rings (SSSR count). The fourth-order valence-corrected chi connectivity index (χ4v) is 7.19. The molecule has 1 aliphatic carbocycles. The number of hydrogen-bond acceptors (Lipinski definition) is 3. The third kappa shape index (κ3) is 3.50. The molecule has 44 heavy (non-hydrogen) atoms. The lowest BCUT2D eigenvalue weighted by molar-refractivity contribution is 0.436. The van der Waals surface area contributed by atoms with Crippen LogP contribution in [0.2, 0.25) is 0 Å². The maximum atomic E-state index is 6.57. The Labute approximate surface area is 256 Å². The highest BCUT2D eigenvalue weighted by Crippen LogP contribution is 2.63. The number of nitrogens with zero attached hydrogens (tertiary/aromatic N) is 2. The fourth-order valence-electron chi connectivity index (χ4n) is 7.19. The molecule has 7 aromatic rings. The SMILES string of the molecule is c1ccc(-c2cc(-c3cccc4c3C3(c5ccccc5Oc5ccccc53)c3ccccc3-4)nc(-c3ccccc3)n2)cc1. The average Bonchev–Trinajstić information content (AvgIpc) is 3.40. The van der Waals surface area contributed by atoms with Gasteiger partial charge in [0.05, 0.1) is 16.8 Å². The van der Waals surface area contributed by atoms with Crippen molar-refractivity contribution in [2.45, 2.75) is 5.41 Å². The molecule has 2 heterocycles. The van der Waals surface area contributed by atoms with Crippen LogP contribution in [0.25, 0.3) is 45.0 Å². The van der Waals surface area contributed by atoms with Crippen molar-refractivity contribution in [1.82, 2.24) is 9.97 Å². The van der Waals surface area contributed by atoms with Crippen LogP contribution in [0.4, 0.5) is 0 Å². The van der Waals surface area contributed by atoms with E-state index in [1.165, 1.54) is 22.3 Å². The molecular weight excluding hydrogens is 536 g/mol. The summed E-state index contributed by atoms with van der Waals surface area (Å²) in [6.45, 7) is 0. The normalized spacial score (nSPS) is 13.4. The van der Waals surface area contributed by atoms with Gasteiger partial charge in [0.1, 0.15) is 11.5 Å². The molecule has 0 saturated carbocycles. The van der Waals surface area contributed by atoms with E-state index in [1.807, 2.05) is 24.3 Å². The van der Waals surface area contributed by atoms with Crippen molar-refractivity contribution in [2.24, 2.45) is 0 Å². The standard InChI is InChI=1S/C41H26N2O/c1-3-14-27(15-4-1)35-26-36(43-40(42-35)28-16-5-2-6-17-28)31-20-13-19-30-29-18-7-8-21-32(29)41(39(30)31)33-22-9-11-24-37(33)44-38-25-12-10-23-34(38)41/h1-26H. The lowest BCUT2D eigenvalue weighted by atomic mass is 9.65. The molecule has 3 heteroatoms. The van der Waals surface area contributed by atoms with Crippen molar-refractivity contribution >= 4 is 0 Å². The van der Waals surface area contributed by atoms with Crippen LogP contribution in [0.1, 0.15) is 22.3 Å². The first-order valence-corrected chi connectivity index (χ1v) is 14.9. The molecule has 206 valence electrons. The van der Waals surface area contributed by atoms with E-state index in [0.717, 1.165) is 50.7 Å². The summed E-state index contributed by atoms with van der Waals surface area (Å²) in [6, 6.07) is 55.2. The van der Waals surface area contributed by atoms with Crippen LogP contribution < -0.4 is 4.74 Å². The van der Waals surface area contributed by atoms with E-state index in [-0.39, 0.29) is 0 Å². The molecule has 0 atom stereocenters. The van der Waals surface area contributed by atoms with Crippen LogP contribution in [-0.2, 0) is 5.41 Å². The Balaban J connectivity index is 1.41. The minimum absolute atomic E-state index is 0.585. The van der Waals surface area contributed by atoms with Gasteiger partial charge >= 0.3 is 0 Å². The molecule has 6 aromatic carbocycles. The Morgan fingerprint density at radius 2 is 0.932 bits per heavy atom. The van der Waals surface area contributed by atoms with Crippen LogP contribution in [0, 0.1) is 0 Å². The zero-order valence-electron chi connectivity index (χ0n) is 23.8. The quantitative estimate of drug-likeness (QED) is 0.215. The number of rotatable bonds is 3. The van der Waals surface area contributed by atoms with E-state index >= 15 is 0 Å². The second-order valence-corrected chi connectivity index (χ2v) is 11.3. The molecule has 0 N–H and O–H groups in total. The molecular formula is C41H26N2O. The highest BCUT2D eigenvalue weighted by Gasteiger charge is 2.52. The Hall–Kier alpha value is -5.80. The number of ether oxygens (including phenoxy) is 1. The highest BCUT2D eigenvalue weighted by atomic mass is 16.5. The van der Waals surface area contributed by atoms with Crippen LogP contribution in [0.15, 0.2) is 158 Å². The van der Waals surface area contributed by atoms with E-state index < -0.39 is 5.41 Å². The second-order valence-electron chi connectivity index (χ2n) is 11.3. The topological polar surface area (TPSA) is 35.0 Å². The number of benzene rings is 6. The number of para-hydroxylation sites is 2. The summed E-state index contributed by atoms with van der Waals surface area (Å²) in [5, 5.41) is 0. The first-order valence-electron chi connectivity index (χ1n) is 14.9. The monoisotopic (exact) mass is 562 g/mol. The maximum Gasteiger partial charge on any atom is 0.160 e. The van der Waals surface area contributed by atoms with Gasteiger partial charge in [-0.3, -0.25) is 0 Å². The molecule has 1 spiro atoms. The van der Waals surface area contributed by atoms with E-state index in [2.05, 4.69) is 133 Å². The molecule has 0 bridgehead atoms. The van der Waals surface area contributed by atoms with Crippen molar-refractivity contribution in [3.05, 3.63) is 180 Å². The van der Waals surface area contributed by atoms with Crippen molar-refractivity contribution < 1.29 is 4.74 Å². The summed E-state index contributed by atoms with van der Waals surface area (Å²) in [5.41, 5.74) is 11.5. The van der Waals surface area contributed by atoms with E-state index in [4.69, 9.17) is 14.7 Å². The van der Waals surface area contributed by atoms with Crippen molar-refractivity contribution in [3.8, 4) is 56.5 Å². The van der Waals surface area contributed by atoms with Crippen LogP contribution >= 0.6 is 0 Å². The Kier molecular flexibility index (Phi) is 5.41. The molecule has 1 aromatic heterocycles. The Bertz CT molecular complexity index is 2100. The number of hydrogen-bond donors (Lipinski definition) is 0. The summed E-state index contributed by atoms with van der Waals surface area (Å²) in [5.74, 6) is 2.46. The van der Waals surface area contributed by atoms with Gasteiger partial charge in [-0.25, -0.2) is 9.97 Å². The van der Waals surface area contributed by atoms with Gasteiger partial charge in [-0.1, -0.05) is 140 Å². The average molecular weight is 563 g/mol. The zero-order valence-corrected chi connectivity index (χ0v) is 23.8. The number of aromatic nitrogens is 2. The molecule has 0 amide bonds. The largest absolute Gasteiger partial charge is 0.457 e. The molecule has 0 fully saturated rings. The minimum atomic E-state index is -0.585. The molecule has 0 saturated heterocycles. The highest BCUT2D eigenvalue weighted by molar-refractivity contribution is 5.94. The van der Waals surface area contributed by atoms with Gasteiger partial charge in [-0.05, 0) is 40.5 Å². The Morgan fingerprint density at radius 1 is 0.409 bits per heavy atom. The Morgan fingerprint density at radius 3 is 1.64 bits per heavy atom. The third-order valence-electron chi connectivity index (χ3n) is 8.97. The van der Waals surface area contributed by atoms with Gasteiger partial charge in [0, 0.05) is 27.8 Å². The van der Waals surface area contributed by atoms with Crippen LogP contribution in [0.5, 0.6) is 11.5 Å². The first-order chi connectivity index (χ1) is 21.8. The minimum Gasteiger partial charge on any atom is -0.457 e. The first kappa shape index (κ1) is 24.8. The van der Waals surface area contributed by atoms with Gasteiger partial charge in [0.25, 0.3) is 0 Å². The maximum absolute atomic E-state index is 6.57. The lowest BCUT2D eigenvalue weighted by Crippen LogP contribution is -2.32. The van der Waals surface area contributed by atoms with Crippen molar-refractivity contribution in [2.75, 3.05) is 0 Å². The molecule has 2 aliphatic rings. The summed E-state index contributed by atoms with van der Waals surface area (Å²) in [6.07, 6.45) is 0. The van der Waals surface area contributed by atoms with Gasteiger partial charge in [-0.15, -0.1) is 0 Å². The summed E-state index contributed by atoms with van der Waals surface area (Å²) in [7, 11) is 0.